The average molecular weight is 230 g/mol. The van der Waals surface area contributed by atoms with Gasteiger partial charge in [0, 0.05) is 5.92 Å². The highest BCUT2D eigenvalue weighted by Gasteiger charge is 2.27. The van der Waals surface area contributed by atoms with Gasteiger partial charge in [0.05, 0.1) is 6.61 Å². The lowest BCUT2D eigenvalue weighted by Crippen LogP contribution is -2.20. The number of hydrogen-bond acceptors (Lipinski definition) is 3. The molecule has 0 rings (SSSR count). The first-order valence-electron chi connectivity index (χ1n) is 5.32. The van der Waals surface area contributed by atoms with Gasteiger partial charge < -0.3 is 14.9 Å². The molecular formula is C11H18O5. The molecule has 0 unspecified atom stereocenters. The van der Waals surface area contributed by atoms with Gasteiger partial charge in [-0.2, -0.15) is 0 Å². The Morgan fingerprint density at radius 3 is 1.75 bits per heavy atom. The highest BCUT2D eigenvalue weighted by molar-refractivity contribution is 6.12. The van der Waals surface area contributed by atoms with Crippen LogP contribution in [0.2, 0.25) is 0 Å². The molecule has 0 aliphatic rings. The summed E-state index contributed by atoms with van der Waals surface area (Å²) in [4.78, 5) is 21.7. The van der Waals surface area contributed by atoms with Crippen molar-refractivity contribution in [1.82, 2.24) is 0 Å². The van der Waals surface area contributed by atoms with Crippen LogP contribution < -0.4 is 0 Å². The van der Waals surface area contributed by atoms with Crippen molar-refractivity contribution < 1.29 is 24.5 Å². The summed E-state index contributed by atoms with van der Waals surface area (Å²) in [7, 11) is 0. The van der Waals surface area contributed by atoms with Crippen molar-refractivity contribution >= 4 is 11.9 Å². The Balaban J connectivity index is 5.46. The first-order valence-corrected chi connectivity index (χ1v) is 5.32. The summed E-state index contributed by atoms with van der Waals surface area (Å²) in [6.07, 6.45) is 1.30. The van der Waals surface area contributed by atoms with E-state index in [1.807, 2.05) is 13.8 Å². The largest absolute Gasteiger partial charge is 0.497 e. The SMILES string of the molecule is CCOC(=C(C(=O)O)C(=O)O)C(CC)CC. The molecule has 0 atom stereocenters. The van der Waals surface area contributed by atoms with Crippen molar-refractivity contribution in [3.63, 3.8) is 0 Å². The van der Waals surface area contributed by atoms with Crippen LogP contribution >= 0.6 is 0 Å². The van der Waals surface area contributed by atoms with Crippen molar-refractivity contribution in [2.24, 2.45) is 5.92 Å². The van der Waals surface area contributed by atoms with E-state index in [1.54, 1.807) is 6.92 Å². The van der Waals surface area contributed by atoms with E-state index in [-0.39, 0.29) is 18.3 Å². The molecule has 0 saturated carbocycles. The maximum Gasteiger partial charge on any atom is 0.346 e. The molecule has 0 fully saturated rings. The van der Waals surface area contributed by atoms with E-state index >= 15 is 0 Å². The Kier molecular flexibility index (Phi) is 6.22. The number of allylic oxidation sites excluding steroid dienone is 1. The van der Waals surface area contributed by atoms with Crippen LogP contribution in [0.4, 0.5) is 0 Å². The maximum atomic E-state index is 10.9. The number of hydrogen-bond donors (Lipinski definition) is 2. The topological polar surface area (TPSA) is 83.8 Å². The highest BCUT2D eigenvalue weighted by Crippen LogP contribution is 2.24. The second-order valence-corrected chi connectivity index (χ2v) is 3.30. The van der Waals surface area contributed by atoms with Crippen molar-refractivity contribution in [3.8, 4) is 0 Å². The quantitative estimate of drug-likeness (QED) is 0.302. The number of carboxylic acid groups (broad SMARTS) is 2. The predicted octanol–water partition coefficient (Wildman–Crippen LogP) is 1.88. The van der Waals surface area contributed by atoms with Crippen molar-refractivity contribution in [2.45, 2.75) is 33.6 Å². The average Bonchev–Trinajstić information content (AvgIpc) is 2.18. The van der Waals surface area contributed by atoms with Crippen molar-refractivity contribution in [1.29, 1.82) is 0 Å². The van der Waals surface area contributed by atoms with Crippen LogP contribution in [0.5, 0.6) is 0 Å². The lowest BCUT2D eigenvalue weighted by molar-refractivity contribution is -0.140. The normalized spacial score (nSPS) is 10.0. The van der Waals surface area contributed by atoms with Gasteiger partial charge in [0.2, 0.25) is 0 Å². The molecule has 0 saturated heterocycles. The molecule has 0 heterocycles. The Morgan fingerprint density at radius 1 is 1.06 bits per heavy atom. The third-order valence-electron chi connectivity index (χ3n) is 2.33. The highest BCUT2D eigenvalue weighted by atomic mass is 16.5. The van der Waals surface area contributed by atoms with E-state index in [1.165, 1.54) is 0 Å². The van der Waals surface area contributed by atoms with Gasteiger partial charge in [-0.05, 0) is 19.8 Å². The smallest absolute Gasteiger partial charge is 0.346 e. The molecule has 0 aliphatic carbocycles. The molecule has 5 nitrogen and oxygen atoms in total. The molecule has 92 valence electrons. The number of rotatable bonds is 7. The fourth-order valence-electron chi connectivity index (χ4n) is 1.51. The van der Waals surface area contributed by atoms with E-state index in [0.29, 0.717) is 12.8 Å². The van der Waals surface area contributed by atoms with Gasteiger partial charge in [0.1, 0.15) is 5.76 Å². The minimum Gasteiger partial charge on any atom is -0.497 e. The van der Waals surface area contributed by atoms with Crippen LogP contribution in [0.3, 0.4) is 0 Å². The zero-order valence-electron chi connectivity index (χ0n) is 9.82. The second-order valence-electron chi connectivity index (χ2n) is 3.30. The molecule has 0 aromatic carbocycles. The zero-order valence-corrected chi connectivity index (χ0v) is 9.82. The van der Waals surface area contributed by atoms with Crippen LogP contribution in [0, 0.1) is 5.92 Å². The van der Waals surface area contributed by atoms with Gasteiger partial charge in [-0.25, -0.2) is 9.59 Å². The van der Waals surface area contributed by atoms with Gasteiger partial charge in [-0.3, -0.25) is 0 Å². The molecule has 16 heavy (non-hydrogen) atoms. The van der Waals surface area contributed by atoms with Crippen molar-refractivity contribution in [3.05, 3.63) is 11.3 Å². The standard InChI is InChI=1S/C11H18O5/c1-4-7(5-2)9(16-6-3)8(10(12)13)11(14)15/h7H,4-6H2,1-3H3,(H,12,13)(H,14,15). The third kappa shape index (κ3) is 3.56. The van der Waals surface area contributed by atoms with E-state index in [9.17, 15) is 9.59 Å². The number of ether oxygens (including phenoxy) is 1. The van der Waals surface area contributed by atoms with Crippen LogP contribution in [-0.2, 0) is 14.3 Å². The second kappa shape index (κ2) is 6.87. The number of aliphatic carboxylic acids is 2. The monoisotopic (exact) mass is 230 g/mol. The summed E-state index contributed by atoms with van der Waals surface area (Å²) >= 11 is 0. The summed E-state index contributed by atoms with van der Waals surface area (Å²) in [5.41, 5.74) is -0.657. The van der Waals surface area contributed by atoms with E-state index in [4.69, 9.17) is 14.9 Å². The molecule has 5 heteroatoms. The first-order chi connectivity index (χ1) is 7.49. The molecule has 0 aromatic heterocycles. The van der Waals surface area contributed by atoms with Gasteiger partial charge in [-0.1, -0.05) is 13.8 Å². The van der Waals surface area contributed by atoms with Gasteiger partial charge in [-0.15, -0.1) is 0 Å². The molecule has 0 radical (unpaired) electrons. The van der Waals surface area contributed by atoms with Gasteiger partial charge in [0.25, 0.3) is 0 Å². The summed E-state index contributed by atoms with van der Waals surface area (Å²) in [5, 5.41) is 17.7. The fraction of sp³-hybridized carbons (Fsp3) is 0.636. The summed E-state index contributed by atoms with van der Waals surface area (Å²) in [6, 6.07) is 0. The molecule has 0 aliphatic heterocycles. The van der Waals surface area contributed by atoms with Crippen LogP contribution in [0.1, 0.15) is 33.6 Å². The van der Waals surface area contributed by atoms with Crippen molar-refractivity contribution in [2.75, 3.05) is 6.61 Å². The summed E-state index contributed by atoms with van der Waals surface area (Å²) < 4.78 is 5.19. The molecule has 2 N–H and O–H groups in total. The molecule has 0 spiro atoms. The Morgan fingerprint density at radius 2 is 1.50 bits per heavy atom. The zero-order chi connectivity index (χ0) is 12.7. The van der Waals surface area contributed by atoms with Crippen LogP contribution in [0.25, 0.3) is 0 Å². The Bertz CT molecular complexity index is 273. The van der Waals surface area contributed by atoms with Gasteiger partial charge in [0.15, 0.2) is 5.57 Å². The van der Waals surface area contributed by atoms with Gasteiger partial charge >= 0.3 is 11.9 Å². The molecule has 0 bridgehead atoms. The maximum absolute atomic E-state index is 10.9. The minimum atomic E-state index is -1.46. The fourth-order valence-corrected chi connectivity index (χ4v) is 1.51. The first kappa shape index (κ1) is 14.5. The molecule has 0 amide bonds. The predicted molar refractivity (Wildman–Crippen MR) is 58.0 cm³/mol. The molecular weight excluding hydrogens is 212 g/mol. The minimum absolute atomic E-state index is 0.0764. The number of carbonyl (C=O) groups is 2. The Labute approximate surface area is 94.7 Å². The van der Waals surface area contributed by atoms with E-state index < -0.39 is 17.5 Å². The molecule has 0 aromatic rings. The summed E-state index contributed by atoms with van der Waals surface area (Å²) in [5.74, 6) is -3.00. The van der Waals surface area contributed by atoms with Crippen LogP contribution in [0.15, 0.2) is 11.3 Å². The lowest BCUT2D eigenvalue weighted by atomic mass is 9.97. The van der Waals surface area contributed by atoms with E-state index in [2.05, 4.69) is 0 Å². The lowest BCUT2D eigenvalue weighted by Gasteiger charge is -2.18. The Hall–Kier alpha value is -1.52. The van der Waals surface area contributed by atoms with Crippen LogP contribution in [-0.4, -0.2) is 28.8 Å². The van der Waals surface area contributed by atoms with E-state index in [0.717, 1.165) is 0 Å². The number of carboxylic acids is 2. The third-order valence-corrected chi connectivity index (χ3v) is 2.33. The summed E-state index contributed by atoms with van der Waals surface area (Å²) in [6.45, 7) is 5.70.